The zero-order valence-electron chi connectivity index (χ0n) is 24.5. The Hall–Kier alpha value is -2.74. The fourth-order valence-electron chi connectivity index (χ4n) is 4.73. The predicted octanol–water partition coefficient (Wildman–Crippen LogP) is 9.21. The maximum atomic E-state index is 13.4. The number of Topliss-reactive ketones (excluding diaryl/α,β-unsaturated/α-hetero) is 1. The van der Waals surface area contributed by atoms with E-state index in [2.05, 4.69) is 132 Å². The molecule has 1 N–H and O–H groups in total. The van der Waals surface area contributed by atoms with Crippen molar-refractivity contribution < 1.29 is 9.90 Å². The number of benzene rings is 2. The van der Waals surface area contributed by atoms with Gasteiger partial charge in [0, 0.05) is 27.5 Å². The third kappa shape index (κ3) is 5.64. The van der Waals surface area contributed by atoms with Gasteiger partial charge in [-0.15, -0.1) is 0 Å². The molecular weight excluding hydrogens is 440 g/mol. The van der Waals surface area contributed by atoms with E-state index in [1.165, 1.54) is 0 Å². The number of rotatable bonds is 2. The van der Waals surface area contributed by atoms with Crippen molar-refractivity contribution in [3.05, 3.63) is 76.7 Å². The molecule has 0 bridgehead atoms. The number of aromatic hydroxyl groups is 1. The second kappa shape index (κ2) is 8.98. The number of carbonyl (C=O) groups is 1. The first-order valence-electron chi connectivity index (χ1n) is 13.1. The topological polar surface area (TPSA) is 37.3 Å². The molecule has 0 fully saturated rings. The first-order valence-corrected chi connectivity index (χ1v) is 13.1. The van der Waals surface area contributed by atoms with Gasteiger partial charge in [-0.3, -0.25) is 4.79 Å². The summed E-state index contributed by atoms with van der Waals surface area (Å²) in [7, 11) is 0. The zero-order valence-corrected chi connectivity index (χ0v) is 24.5. The third-order valence-corrected chi connectivity index (χ3v) is 6.96. The Labute approximate surface area is 219 Å². The molecule has 3 rings (SSSR count). The highest BCUT2D eigenvalue weighted by molar-refractivity contribution is 6.13. The molecule has 1 aliphatic carbocycles. The van der Waals surface area contributed by atoms with Crippen LogP contribution in [0.3, 0.4) is 0 Å². The summed E-state index contributed by atoms with van der Waals surface area (Å²) >= 11 is 0. The minimum Gasteiger partial charge on any atom is -0.507 e. The van der Waals surface area contributed by atoms with E-state index >= 15 is 0 Å². The van der Waals surface area contributed by atoms with Crippen molar-refractivity contribution in [1.29, 1.82) is 0 Å². The van der Waals surface area contributed by atoms with Crippen LogP contribution < -0.4 is 0 Å². The first kappa shape index (κ1) is 27.8. The highest BCUT2D eigenvalue weighted by Gasteiger charge is 2.45. The molecule has 36 heavy (non-hydrogen) atoms. The van der Waals surface area contributed by atoms with Crippen molar-refractivity contribution >= 4 is 11.4 Å². The molecule has 2 heteroatoms. The number of carbonyl (C=O) groups excluding carboxylic acids is 1. The number of ketones is 1. The second-order valence-corrected chi connectivity index (χ2v) is 14.4. The summed E-state index contributed by atoms with van der Waals surface area (Å²) in [5.41, 5.74) is 6.24. The van der Waals surface area contributed by atoms with Gasteiger partial charge in [0.05, 0.1) is 17.7 Å². The minimum atomic E-state index is -0.245. The van der Waals surface area contributed by atoms with E-state index in [9.17, 15) is 9.90 Å². The van der Waals surface area contributed by atoms with Crippen LogP contribution in [-0.2, 0) is 15.6 Å². The second-order valence-electron chi connectivity index (χ2n) is 14.4. The lowest BCUT2D eigenvalue weighted by molar-refractivity contribution is -0.115. The first-order chi connectivity index (χ1) is 16.2. The van der Waals surface area contributed by atoms with Crippen LogP contribution in [0.5, 0.6) is 5.75 Å². The molecule has 0 amide bonds. The molecule has 1 aliphatic rings. The Morgan fingerprint density at radius 1 is 0.667 bits per heavy atom. The highest BCUT2D eigenvalue weighted by atomic mass is 16.3. The van der Waals surface area contributed by atoms with E-state index in [0.29, 0.717) is 5.75 Å². The number of hydrogen-bond acceptors (Lipinski definition) is 2. The number of phenols is 1. The maximum Gasteiger partial charge on any atom is 0.291 e. The van der Waals surface area contributed by atoms with E-state index in [1.807, 2.05) is 0 Å². The lowest BCUT2D eigenvalue weighted by Gasteiger charge is -2.28. The van der Waals surface area contributed by atoms with Crippen LogP contribution >= 0.6 is 0 Å². The summed E-state index contributed by atoms with van der Waals surface area (Å²) in [6.45, 7) is 25.5. The summed E-state index contributed by atoms with van der Waals surface area (Å²) in [4.78, 5) is 13.4. The molecule has 0 saturated carbocycles. The van der Waals surface area contributed by atoms with Crippen LogP contribution in [0.15, 0.2) is 54.1 Å². The molecule has 2 nitrogen and oxygen atoms in total. The number of allylic oxidation sites excluding steroid dienone is 4. The highest BCUT2D eigenvalue weighted by Crippen LogP contribution is 2.45. The quantitative estimate of drug-likeness (QED) is 0.430. The number of hydrogen-bond donors (Lipinski definition) is 1. The normalized spacial score (nSPS) is 15.7. The lowest BCUT2D eigenvalue weighted by Crippen LogP contribution is -2.32. The van der Waals surface area contributed by atoms with Crippen molar-refractivity contribution in [1.82, 2.24) is 0 Å². The smallest absolute Gasteiger partial charge is 0.291 e. The molecule has 0 radical (unpaired) electrons. The molecule has 0 aliphatic heterocycles. The van der Waals surface area contributed by atoms with Gasteiger partial charge >= 0.3 is 0 Å². The maximum absolute atomic E-state index is 13.4. The zero-order chi connectivity index (χ0) is 27.4. The van der Waals surface area contributed by atoms with Gasteiger partial charge in [0.2, 0.25) is 0 Å². The number of phenolic OH excluding ortho intramolecular Hbond substituents is 1. The van der Waals surface area contributed by atoms with Gasteiger partial charge in [0.25, 0.3) is 5.78 Å². The summed E-state index contributed by atoms with van der Waals surface area (Å²) < 4.78 is 0. The largest absolute Gasteiger partial charge is 0.507 e. The van der Waals surface area contributed by atoms with E-state index in [-0.39, 0.29) is 27.4 Å². The lowest BCUT2D eigenvalue weighted by atomic mass is 9.68. The molecule has 0 unspecified atom stereocenters. The average Bonchev–Trinajstić information content (AvgIpc) is 2.70. The van der Waals surface area contributed by atoms with Crippen LogP contribution in [-0.4, -0.2) is 10.9 Å². The van der Waals surface area contributed by atoms with Gasteiger partial charge in [-0.2, -0.15) is 0 Å². The molecule has 192 valence electrons. The van der Waals surface area contributed by atoms with Gasteiger partial charge < -0.3 is 5.11 Å². The van der Waals surface area contributed by atoms with E-state index in [4.69, 9.17) is 0 Å². The Balaban J connectivity index is 2.23. The Morgan fingerprint density at radius 2 is 1.17 bits per heavy atom. The predicted molar refractivity (Wildman–Crippen MR) is 154 cm³/mol. The van der Waals surface area contributed by atoms with Gasteiger partial charge in [-0.05, 0) is 87.8 Å². The van der Waals surface area contributed by atoms with Crippen molar-refractivity contribution in [3.63, 3.8) is 0 Å². The summed E-state index contributed by atoms with van der Waals surface area (Å²) in [5, 5.41) is 11.2. The van der Waals surface area contributed by atoms with E-state index in [0.717, 1.165) is 44.9 Å². The van der Waals surface area contributed by atoms with Gasteiger partial charge in [-0.1, -0.05) is 53.7 Å². The van der Waals surface area contributed by atoms with Crippen LogP contribution in [0, 0.1) is 16.7 Å². The van der Waals surface area contributed by atoms with Crippen LogP contribution in [0.25, 0.3) is 16.7 Å². The van der Waals surface area contributed by atoms with Crippen molar-refractivity contribution in [2.24, 2.45) is 10.8 Å². The van der Waals surface area contributed by atoms with Gasteiger partial charge in [-0.25, -0.2) is 0 Å². The monoisotopic (exact) mass is 485 g/mol. The summed E-state index contributed by atoms with van der Waals surface area (Å²) in [5.74, 6) is 1.40. The Bertz CT molecular complexity index is 1190. The van der Waals surface area contributed by atoms with E-state index in [1.54, 1.807) is 0 Å². The molecule has 0 saturated heterocycles. The van der Waals surface area contributed by atoms with Crippen LogP contribution in [0.2, 0.25) is 0 Å². The standard InChI is InChI=1S/C34H44O2/c1-31(2,3)25-17-23(18-26(29(25)35)32(4,5)6)21-14-13-15-22(16-21)24-19-27(33(7,8)9)30(36)28(20-24)34(10,11)12/h13-20H,1-12H3/p+1. The summed E-state index contributed by atoms with van der Waals surface area (Å²) in [6, 6.07) is 12.8. The Morgan fingerprint density at radius 3 is 1.61 bits per heavy atom. The SMILES string of the molecule is CC(C)(C)C1=CC(c2cccc(-c3cc(C(C)(C)C)c(O)c(C(C)(C)C)c3)c2)=C[C+](C(C)(C)C)C1=O. The summed E-state index contributed by atoms with van der Waals surface area (Å²) in [6.07, 6.45) is 4.16. The Kier molecular flexibility index (Phi) is 6.94. The third-order valence-electron chi connectivity index (χ3n) is 6.96. The fraction of sp³-hybridized carbons (Fsp3) is 0.471. The molecule has 0 heterocycles. The van der Waals surface area contributed by atoms with Gasteiger partial charge in [0.1, 0.15) is 17.2 Å². The molecule has 2 aromatic carbocycles. The molecule has 0 spiro atoms. The molecule has 0 aromatic heterocycles. The van der Waals surface area contributed by atoms with Gasteiger partial charge in [0.15, 0.2) is 0 Å². The molecule has 0 atom stereocenters. The molecule has 2 aromatic rings. The fourth-order valence-corrected chi connectivity index (χ4v) is 4.73. The van der Waals surface area contributed by atoms with Crippen LogP contribution in [0.4, 0.5) is 0 Å². The minimum absolute atomic E-state index is 0.151. The molecular formula is C34H45O2+. The van der Waals surface area contributed by atoms with E-state index < -0.39 is 0 Å². The van der Waals surface area contributed by atoms with Crippen LogP contribution in [0.1, 0.15) is 99.8 Å². The van der Waals surface area contributed by atoms with Crippen molar-refractivity contribution in [2.75, 3.05) is 0 Å². The van der Waals surface area contributed by atoms with Crippen molar-refractivity contribution in [3.8, 4) is 16.9 Å². The van der Waals surface area contributed by atoms with Crippen molar-refractivity contribution in [2.45, 2.75) is 93.9 Å². The average molecular weight is 486 g/mol.